The lowest BCUT2D eigenvalue weighted by atomic mass is 9.95. The molecule has 1 aliphatic carbocycles. The fourth-order valence-electron chi connectivity index (χ4n) is 2.96. The van der Waals surface area contributed by atoms with E-state index >= 15 is 0 Å². The number of fused-ring (bicyclic) bond motifs is 1. The molecular weight excluding hydrogens is 300 g/mol. The Morgan fingerprint density at radius 1 is 1.43 bits per heavy atom. The predicted molar refractivity (Wildman–Crippen MR) is 94.4 cm³/mol. The van der Waals surface area contributed by atoms with E-state index in [9.17, 15) is 0 Å². The van der Waals surface area contributed by atoms with Gasteiger partial charge in [-0.2, -0.15) is 16.7 Å². The van der Waals surface area contributed by atoms with E-state index in [4.69, 9.17) is 5.73 Å². The van der Waals surface area contributed by atoms with Crippen molar-refractivity contribution in [2.24, 2.45) is 0 Å². The first kappa shape index (κ1) is 14.9. The molecule has 0 aliphatic heterocycles. The van der Waals surface area contributed by atoms with Crippen molar-refractivity contribution in [3.63, 3.8) is 0 Å². The number of aromatic nitrogens is 2. The molecule has 3 rings (SSSR count). The molecule has 2 aromatic rings. The third kappa shape index (κ3) is 3.26. The van der Waals surface area contributed by atoms with Crippen LogP contribution in [-0.2, 0) is 6.42 Å². The molecule has 0 spiro atoms. The molecule has 4 nitrogen and oxygen atoms in total. The molecule has 0 radical (unpaired) electrons. The van der Waals surface area contributed by atoms with Crippen molar-refractivity contribution in [2.75, 3.05) is 17.3 Å². The van der Waals surface area contributed by atoms with E-state index < -0.39 is 0 Å². The molecule has 1 fully saturated rings. The van der Waals surface area contributed by atoms with E-state index in [1.54, 1.807) is 11.3 Å². The molecule has 2 unspecified atom stereocenters. The Bertz CT molecular complexity index is 625. The second kappa shape index (κ2) is 6.40. The second-order valence-corrected chi connectivity index (χ2v) is 7.83. The van der Waals surface area contributed by atoms with Crippen LogP contribution in [0.4, 0.5) is 11.8 Å². The molecule has 0 aromatic carbocycles. The number of anilines is 2. The highest BCUT2D eigenvalue weighted by molar-refractivity contribution is 7.99. The largest absolute Gasteiger partial charge is 0.368 e. The first-order valence-electron chi connectivity index (χ1n) is 7.54. The van der Waals surface area contributed by atoms with Gasteiger partial charge in [0.25, 0.3) is 0 Å². The third-order valence-corrected chi connectivity index (χ3v) is 6.38. The summed E-state index contributed by atoms with van der Waals surface area (Å²) < 4.78 is 0. The lowest BCUT2D eigenvalue weighted by molar-refractivity contribution is 0.473. The van der Waals surface area contributed by atoms with Crippen LogP contribution in [0.5, 0.6) is 0 Å². The Morgan fingerprint density at radius 2 is 2.29 bits per heavy atom. The summed E-state index contributed by atoms with van der Waals surface area (Å²) in [6.45, 7) is 2.17. The predicted octanol–water partition coefficient (Wildman–Crippen LogP) is 3.92. The maximum absolute atomic E-state index is 5.87. The molecule has 21 heavy (non-hydrogen) atoms. The van der Waals surface area contributed by atoms with Crippen LogP contribution in [0.2, 0.25) is 0 Å². The summed E-state index contributed by atoms with van der Waals surface area (Å²) in [6, 6.07) is 2.70. The molecule has 0 amide bonds. The highest BCUT2D eigenvalue weighted by Gasteiger charge is 2.22. The smallest absolute Gasteiger partial charge is 0.223 e. The number of nitrogen functional groups attached to an aromatic ring is 1. The van der Waals surface area contributed by atoms with Crippen molar-refractivity contribution >= 4 is 45.1 Å². The van der Waals surface area contributed by atoms with E-state index in [-0.39, 0.29) is 0 Å². The minimum absolute atomic E-state index is 0.367. The van der Waals surface area contributed by atoms with Gasteiger partial charge in [-0.15, -0.1) is 11.3 Å². The van der Waals surface area contributed by atoms with Crippen molar-refractivity contribution in [1.82, 2.24) is 9.97 Å². The molecular formula is C15H22N4S2. The van der Waals surface area contributed by atoms with Crippen molar-refractivity contribution in [2.45, 2.75) is 50.3 Å². The number of nitrogens with one attached hydrogen (secondary N) is 1. The molecule has 114 valence electrons. The van der Waals surface area contributed by atoms with Gasteiger partial charge in [0, 0.05) is 16.2 Å². The van der Waals surface area contributed by atoms with E-state index in [1.807, 2.05) is 11.8 Å². The number of thioether (sulfide) groups is 1. The Hall–Kier alpha value is -1.01. The summed E-state index contributed by atoms with van der Waals surface area (Å²) in [5.74, 6) is 1.28. The van der Waals surface area contributed by atoms with Gasteiger partial charge in [0.15, 0.2) is 0 Å². The Morgan fingerprint density at radius 3 is 3.05 bits per heavy atom. The Balaban J connectivity index is 1.87. The molecule has 6 heteroatoms. The van der Waals surface area contributed by atoms with Gasteiger partial charge in [0.05, 0.1) is 5.39 Å². The minimum atomic E-state index is 0.367. The van der Waals surface area contributed by atoms with Crippen molar-refractivity contribution in [3.8, 4) is 0 Å². The summed E-state index contributed by atoms with van der Waals surface area (Å²) >= 11 is 3.70. The van der Waals surface area contributed by atoms with Crippen molar-refractivity contribution < 1.29 is 0 Å². The first-order valence-corrected chi connectivity index (χ1v) is 9.65. The summed E-state index contributed by atoms with van der Waals surface area (Å²) in [5, 5.41) is 5.51. The van der Waals surface area contributed by atoms with E-state index in [1.165, 1.54) is 30.6 Å². The van der Waals surface area contributed by atoms with Crippen LogP contribution in [0, 0.1) is 0 Å². The van der Waals surface area contributed by atoms with E-state index in [2.05, 4.69) is 34.5 Å². The summed E-state index contributed by atoms with van der Waals surface area (Å²) in [5.41, 5.74) is 5.87. The van der Waals surface area contributed by atoms with Crippen molar-refractivity contribution in [1.29, 1.82) is 0 Å². The number of nitrogens with zero attached hydrogens (tertiary/aromatic N) is 2. The van der Waals surface area contributed by atoms with Gasteiger partial charge in [-0.25, -0.2) is 4.98 Å². The first-order chi connectivity index (χ1) is 10.2. The van der Waals surface area contributed by atoms with Gasteiger partial charge in [0.1, 0.15) is 10.6 Å². The van der Waals surface area contributed by atoms with Crippen LogP contribution in [0.1, 0.15) is 37.5 Å². The highest BCUT2D eigenvalue weighted by atomic mass is 32.2. The summed E-state index contributed by atoms with van der Waals surface area (Å²) in [4.78, 5) is 11.2. The van der Waals surface area contributed by atoms with Crippen LogP contribution in [0.15, 0.2) is 6.07 Å². The minimum Gasteiger partial charge on any atom is -0.368 e. The zero-order valence-corrected chi connectivity index (χ0v) is 14.2. The molecule has 0 saturated heterocycles. The van der Waals surface area contributed by atoms with Crippen LogP contribution >= 0.6 is 23.1 Å². The zero-order chi connectivity index (χ0) is 14.8. The standard InChI is InChI=1S/C15H22N4S2/c1-3-10-8-12-13(18-15(16)19-14(12)21-10)17-9-5-4-6-11(7-9)20-2/h8-9,11H,3-7H2,1-2H3,(H3,16,17,18,19). The van der Waals surface area contributed by atoms with Gasteiger partial charge in [0.2, 0.25) is 5.95 Å². The third-order valence-electron chi connectivity index (χ3n) is 4.11. The highest BCUT2D eigenvalue weighted by Crippen LogP contribution is 2.33. The van der Waals surface area contributed by atoms with Crippen LogP contribution in [0.3, 0.4) is 0 Å². The number of rotatable bonds is 4. The lowest BCUT2D eigenvalue weighted by Gasteiger charge is -2.29. The Labute approximate surface area is 133 Å². The molecule has 1 saturated carbocycles. The molecule has 1 aliphatic rings. The molecule has 2 heterocycles. The van der Waals surface area contributed by atoms with Gasteiger partial charge >= 0.3 is 0 Å². The number of aryl methyl sites for hydroxylation is 1. The number of hydrogen-bond acceptors (Lipinski definition) is 6. The Kier molecular flexibility index (Phi) is 4.54. The van der Waals surface area contributed by atoms with Gasteiger partial charge in [-0.3, -0.25) is 0 Å². The zero-order valence-electron chi connectivity index (χ0n) is 12.6. The number of hydrogen-bond donors (Lipinski definition) is 2. The van der Waals surface area contributed by atoms with Gasteiger partial charge in [-0.05, 0) is 38.0 Å². The second-order valence-electron chi connectivity index (χ2n) is 5.58. The maximum Gasteiger partial charge on any atom is 0.223 e. The van der Waals surface area contributed by atoms with Gasteiger partial charge in [-0.1, -0.05) is 13.3 Å². The topological polar surface area (TPSA) is 63.8 Å². The normalized spacial score (nSPS) is 22.6. The van der Waals surface area contributed by atoms with Crippen LogP contribution in [0.25, 0.3) is 10.2 Å². The average molecular weight is 323 g/mol. The quantitative estimate of drug-likeness (QED) is 0.893. The molecule has 3 N–H and O–H groups in total. The fraction of sp³-hybridized carbons (Fsp3) is 0.600. The monoisotopic (exact) mass is 322 g/mol. The van der Waals surface area contributed by atoms with Crippen LogP contribution in [-0.4, -0.2) is 27.5 Å². The molecule has 0 bridgehead atoms. The summed E-state index contributed by atoms with van der Waals surface area (Å²) in [6.07, 6.45) is 8.28. The van der Waals surface area contributed by atoms with E-state index in [0.29, 0.717) is 12.0 Å². The fourth-order valence-corrected chi connectivity index (χ4v) is 4.76. The number of nitrogens with two attached hydrogens (primary N) is 1. The molecule has 2 atom stereocenters. The SMILES string of the molecule is CCc1cc2c(NC3CCCC(SC)C3)nc(N)nc2s1. The van der Waals surface area contributed by atoms with Crippen LogP contribution < -0.4 is 11.1 Å². The lowest BCUT2D eigenvalue weighted by Crippen LogP contribution is -2.29. The number of thiophene rings is 1. The summed E-state index contributed by atoms with van der Waals surface area (Å²) in [7, 11) is 0. The maximum atomic E-state index is 5.87. The average Bonchev–Trinajstić information content (AvgIpc) is 2.90. The van der Waals surface area contributed by atoms with Gasteiger partial charge < -0.3 is 11.1 Å². The van der Waals surface area contributed by atoms with E-state index in [0.717, 1.165) is 27.7 Å². The van der Waals surface area contributed by atoms with Crippen molar-refractivity contribution in [3.05, 3.63) is 10.9 Å². The molecule has 2 aromatic heterocycles.